The smallest absolute Gasteiger partial charge is 0.00141 e. The van der Waals surface area contributed by atoms with Crippen LogP contribution in [-0.4, -0.2) is 0 Å². The molecule has 0 saturated carbocycles. The Morgan fingerprint density at radius 1 is 0.268 bits per heavy atom. The highest BCUT2D eigenvalue weighted by molar-refractivity contribution is 6.30. The van der Waals surface area contributed by atoms with E-state index in [-0.39, 0.29) is 0 Å². The molecule has 0 nitrogen and oxygen atoms in total. The minimum atomic E-state index is 1.19. The molecule has 10 aromatic carbocycles. The van der Waals surface area contributed by atoms with Gasteiger partial charge < -0.3 is 0 Å². The van der Waals surface area contributed by atoms with Crippen LogP contribution in [0.3, 0.4) is 0 Å². The van der Waals surface area contributed by atoms with Crippen molar-refractivity contribution in [1.82, 2.24) is 0 Å². The Morgan fingerprint density at radius 3 is 0.839 bits per heavy atom. The molecule has 0 aliphatic carbocycles. The van der Waals surface area contributed by atoms with E-state index < -0.39 is 0 Å². The summed E-state index contributed by atoms with van der Waals surface area (Å²) >= 11 is 0. The molecule has 0 aliphatic heterocycles. The van der Waals surface area contributed by atoms with Crippen LogP contribution in [0, 0.1) is 0 Å². The maximum Gasteiger partial charge on any atom is -0.00141 e. The van der Waals surface area contributed by atoms with Crippen LogP contribution in [0.2, 0.25) is 0 Å². The monoisotopic (exact) mass is 710 g/mol. The van der Waals surface area contributed by atoms with E-state index in [1.165, 1.54) is 99.1 Å². The van der Waals surface area contributed by atoms with E-state index in [0.29, 0.717) is 0 Å². The van der Waals surface area contributed by atoms with Crippen LogP contribution in [-0.2, 0) is 0 Å². The van der Waals surface area contributed by atoms with Gasteiger partial charge in [0.2, 0.25) is 0 Å². The van der Waals surface area contributed by atoms with E-state index >= 15 is 0 Å². The first-order valence-electron chi connectivity index (χ1n) is 19.3. The van der Waals surface area contributed by atoms with Gasteiger partial charge in [-0.1, -0.05) is 206 Å². The number of rotatable bonds is 8. The molecule has 0 bridgehead atoms. The number of benzene rings is 10. The average molecular weight is 711 g/mol. The van der Waals surface area contributed by atoms with Crippen molar-refractivity contribution < 1.29 is 0 Å². The van der Waals surface area contributed by atoms with Gasteiger partial charge in [0.1, 0.15) is 0 Å². The van der Waals surface area contributed by atoms with Crippen molar-refractivity contribution in [2.75, 3.05) is 0 Å². The molecule has 0 fully saturated rings. The molecule has 0 aromatic heterocycles. The minimum absolute atomic E-state index is 1.19. The second kappa shape index (κ2) is 14.5. The quantitative estimate of drug-likeness (QED) is 0.109. The summed E-state index contributed by atoms with van der Waals surface area (Å²) in [6.07, 6.45) is 4.82. The summed E-state index contributed by atoms with van der Waals surface area (Å²) in [5.74, 6) is 0. The zero-order valence-electron chi connectivity index (χ0n) is 30.9. The van der Waals surface area contributed by atoms with Crippen molar-refractivity contribution in [1.29, 1.82) is 0 Å². The Morgan fingerprint density at radius 2 is 0.536 bits per heavy atom. The first-order valence-corrected chi connectivity index (χ1v) is 19.3. The lowest BCUT2D eigenvalue weighted by Gasteiger charge is -2.21. The lowest BCUT2D eigenvalue weighted by atomic mass is 9.82. The van der Waals surface area contributed by atoms with E-state index in [2.05, 4.69) is 231 Å². The largest absolute Gasteiger partial charge is 0.0622 e. The molecule has 0 unspecified atom stereocenters. The molecule has 10 rings (SSSR count). The van der Waals surface area contributed by atoms with E-state index in [0.717, 1.165) is 0 Å². The van der Waals surface area contributed by atoms with Gasteiger partial charge in [-0.3, -0.25) is 0 Å². The third kappa shape index (κ3) is 6.08. The Hall–Kier alpha value is -7.28. The lowest BCUT2D eigenvalue weighted by Crippen LogP contribution is -1.95. The molecule has 0 spiro atoms. The predicted octanol–water partition coefficient (Wildman–Crippen LogP) is 15.1. The summed E-state index contributed by atoms with van der Waals surface area (Å²) in [6.45, 7) is 0. The molecule has 0 atom stereocenters. The van der Waals surface area contributed by atoms with Crippen LogP contribution in [0.25, 0.3) is 77.9 Å². The molecule has 10 aromatic rings. The zero-order chi connectivity index (χ0) is 37.3. The summed E-state index contributed by atoms with van der Waals surface area (Å²) in [5, 5.41) is 7.59. The van der Waals surface area contributed by atoms with Crippen LogP contribution in [0.5, 0.6) is 0 Å². The third-order valence-electron chi connectivity index (χ3n) is 11.1. The molecule has 262 valence electrons. The van der Waals surface area contributed by atoms with Gasteiger partial charge in [0.25, 0.3) is 0 Å². The van der Waals surface area contributed by atoms with Gasteiger partial charge in [-0.05, 0) is 123 Å². The maximum atomic E-state index is 2.41. The van der Waals surface area contributed by atoms with Gasteiger partial charge in [0.15, 0.2) is 0 Å². The first-order chi connectivity index (χ1) is 27.8. The van der Waals surface area contributed by atoms with Crippen molar-refractivity contribution >= 4 is 55.6 Å². The molecule has 56 heavy (non-hydrogen) atoms. The van der Waals surface area contributed by atoms with Gasteiger partial charge in [-0.25, -0.2) is 0 Å². The molecule has 0 N–H and O–H groups in total. The van der Waals surface area contributed by atoms with Crippen LogP contribution in [0.4, 0.5) is 0 Å². The summed E-state index contributed by atoms with van der Waals surface area (Å²) in [4.78, 5) is 0. The fraction of sp³-hybridized carbons (Fsp3) is 0. The van der Waals surface area contributed by atoms with Crippen LogP contribution >= 0.6 is 0 Å². The fourth-order valence-electron chi connectivity index (χ4n) is 8.45. The standard InChI is InChI=1S/C56H38/c1-7-19-39(20-8-1)51(40-21-9-2-10-22-40)35-45-37-53(43-27-15-5-16-28-43)49-34-32-48-46(36-52(41-23-11-3-12-24-41)42-25-13-4-14-26-42)38-54(44-29-17-6-18-30-44)50-33-31-47(45)55(49)56(48)50/h1-38H. The Balaban J connectivity index is 1.35. The van der Waals surface area contributed by atoms with Gasteiger partial charge in [0.05, 0.1) is 0 Å². The highest BCUT2D eigenvalue weighted by Crippen LogP contribution is 2.46. The molecule has 0 saturated heterocycles. The zero-order valence-corrected chi connectivity index (χ0v) is 30.9. The van der Waals surface area contributed by atoms with E-state index in [9.17, 15) is 0 Å². The van der Waals surface area contributed by atoms with Gasteiger partial charge >= 0.3 is 0 Å². The van der Waals surface area contributed by atoms with Crippen LogP contribution in [0.15, 0.2) is 218 Å². The highest BCUT2D eigenvalue weighted by atomic mass is 14.2. The molecule has 0 heterocycles. The van der Waals surface area contributed by atoms with Crippen LogP contribution < -0.4 is 0 Å². The van der Waals surface area contributed by atoms with Crippen molar-refractivity contribution in [2.24, 2.45) is 0 Å². The molecular formula is C56H38. The van der Waals surface area contributed by atoms with Crippen molar-refractivity contribution in [3.05, 3.63) is 252 Å². The third-order valence-corrected chi connectivity index (χ3v) is 11.1. The van der Waals surface area contributed by atoms with Gasteiger partial charge in [-0.15, -0.1) is 0 Å². The average Bonchev–Trinajstić information content (AvgIpc) is 3.28. The Labute approximate surface area is 328 Å². The van der Waals surface area contributed by atoms with E-state index in [1.807, 2.05) is 0 Å². The summed E-state index contributed by atoms with van der Waals surface area (Å²) in [7, 11) is 0. The fourth-order valence-corrected chi connectivity index (χ4v) is 8.45. The minimum Gasteiger partial charge on any atom is -0.0622 e. The molecule has 0 aliphatic rings. The predicted molar refractivity (Wildman–Crippen MR) is 241 cm³/mol. The SMILES string of the molecule is C(=C(c1ccccc1)c1ccccc1)c1cc(-c2ccccc2)c2ccc3c(C=C(c4ccccc4)c4ccccc4)cc(-c4ccccc4)c4ccc1c2c34. The van der Waals surface area contributed by atoms with Crippen molar-refractivity contribution in [3.63, 3.8) is 0 Å². The number of hydrogen-bond donors (Lipinski definition) is 0. The van der Waals surface area contributed by atoms with Gasteiger partial charge in [0, 0.05) is 0 Å². The van der Waals surface area contributed by atoms with E-state index in [1.54, 1.807) is 0 Å². The summed E-state index contributed by atoms with van der Waals surface area (Å²) in [5.41, 5.74) is 14.4. The topological polar surface area (TPSA) is 0 Å². The van der Waals surface area contributed by atoms with Crippen molar-refractivity contribution in [3.8, 4) is 22.3 Å². The summed E-state index contributed by atoms with van der Waals surface area (Å²) in [6, 6.07) is 79.1. The van der Waals surface area contributed by atoms with Crippen molar-refractivity contribution in [2.45, 2.75) is 0 Å². The Kier molecular flexibility index (Phi) is 8.63. The van der Waals surface area contributed by atoms with Gasteiger partial charge in [-0.2, -0.15) is 0 Å². The lowest BCUT2D eigenvalue weighted by molar-refractivity contribution is 1.55. The highest BCUT2D eigenvalue weighted by Gasteiger charge is 2.20. The molecule has 0 amide bonds. The van der Waals surface area contributed by atoms with E-state index in [4.69, 9.17) is 0 Å². The second-order valence-corrected chi connectivity index (χ2v) is 14.4. The van der Waals surface area contributed by atoms with Crippen LogP contribution in [0.1, 0.15) is 33.4 Å². The molecular weight excluding hydrogens is 673 g/mol. The number of hydrogen-bond acceptors (Lipinski definition) is 0. The molecule has 0 radical (unpaired) electrons. The Bertz CT molecular complexity index is 2700. The molecule has 0 heteroatoms. The maximum absolute atomic E-state index is 2.41. The normalized spacial score (nSPS) is 11.2. The summed E-state index contributed by atoms with van der Waals surface area (Å²) < 4.78 is 0. The second-order valence-electron chi connectivity index (χ2n) is 14.4. The first kappa shape index (κ1) is 33.3.